The van der Waals surface area contributed by atoms with Gasteiger partial charge in [-0.15, -0.1) is 0 Å². The third kappa shape index (κ3) is 1.80. The Hall–Kier alpha value is -2.22. The van der Waals surface area contributed by atoms with Gasteiger partial charge in [-0.3, -0.25) is 9.59 Å². The highest BCUT2D eigenvalue weighted by molar-refractivity contribution is 6.24. The number of nitrogens with zero attached hydrogens (tertiary/aromatic N) is 1. The molecule has 0 radical (unpaired) electrons. The molecular formula is C18H17NO6. The van der Waals surface area contributed by atoms with Gasteiger partial charge in [0.05, 0.1) is 44.0 Å². The molecular weight excluding hydrogens is 326 g/mol. The molecule has 0 saturated carbocycles. The van der Waals surface area contributed by atoms with E-state index in [9.17, 15) is 9.59 Å². The summed E-state index contributed by atoms with van der Waals surface area (Å²) in [6.07, 6.45) is 2.56. The first-order valence-corrected chi connectivity index (χ1v) is 8.28. The van der Waals surface area contributed by atoms with Gasteiger partial charge in [0.2, 0.25) is 11.8 Å². The lowest BCUT2D eigenvalue weighted by molar-refractivity contribution is -0.180. The fourth-order valence-electron chi connectivity index (χ4n) is 4.38. The van der Waals surface area contributed by atoms with Gasteiger partial charge in [-0.1, -0.05) is 18.2 Å². The van der Waals surface area contributed by atoms with Crippen LogP contribution in [0.25, 0.3) is 0 Å². The van der Waals surface area contributed by atoms with Crippen LogP contribution in [0.4, 0.5) is 5.69 Å². The Kier molecular flexibility index (Phi) is 3.10. The minimum Gasteiger partial charge on any atom is -0.495 e. The number of carbonyl (C=O) groups is 2. The van der Waals surface area contributed by atoms with E-state index in [4.69, 9.17) is 18.9 Å². The zero-order valence-corrected chi connectivity index (χ0v) is 13.6. The third-order valence-corrected chi connectivity index (χ3v) is 5.39. The zero-order chi connectivity index (χ0) is 17.2. The lowest BCUT2D eigenvalue weighted by Gasteiger charge is -2.32. The summed E-state index contributed by atoms with van der Waals surface area (Å²) in [5, 5.41) is 0. The molecule has 4 heterocycles. The summed E-state index contributed by atoms with van der Waals surface area (Å²) < 4.78 is 22.6. The molecule has 5 rings (SSSR count). The SMILES string of the molecule is COc1ccccc1N1C(=O)[C@H]2[C@H]3C=C[C@@](C4OCCO4)(O3)[C@H]2C1=O. The van der Waals surface area contributed by atoms with E-state index in [-0.39, 0.29) is 11.8 Å². The molecule has 0 unspecified atom stereocenters. The Bertz CT molecular complexity index is 786. The highest BCUT2D eigenvalue weighted by atomic mass is 16.7. The summed E-state index contributed by atoms with van der Waals surface area (Å²) >= 11 is 0. The Morgan fingerprint density at radius 1 is 1.16 bits per heavy atom. The first-order valence-electron chi connectivity index (χ1n) is 8.28. The van der Waals surface area contributed by atoms with Gasteiger partial charge < -0.3 is 18.9 Å². The van der Waals surface area contributed by atoms with Crippen LogP contribution in [0.1, 0.15) is 0 Å². The number of rotatable bonds is 3. The topological polar surface area (TPSA) is 74.3 Å². The number of imide groups is 1. The number of para-hydroxylation sites is 2. The molecule has 3 fully saturated rings. The molecule has 7 heteroatoms. The molecule has 2 bridgehead atoms. The number of amides is 2. The molecule has 3 saturated heterocycles. The maximum absolute atomic E-state index is 13.2. The van der Waals surface area contributed by atoms with Gasteiger partial charge in [-0.05, 0) is 18.2 Å². The summed E-state index contributed by atoms with van der Waals surface area (Å²) in [6, 6.07) is 7.01. The van der Waals surface area contributed by atoms with E-state index in [1.807, 2.05) is 12.2 Å². The summed E-state index contributed by atoms with van der Waals surface area (Å²) in [6.45, 7) is 0.897. The first-order chi connectivity index (χ1) is 12.2. The third-order valence-electron chi connectivity index (χ3n) is 5.39. The van der Waals surface area contributed by atoms with Crippen molar-refractivity contribution < 1.29 is 28.5 Å². The molecule has 25 heavy (non-hydrogen) atoms. The van der Waals surface area contributed by atoms with Gasteiger partial charge in [0, 0.05) is 0 Å². The Morgan fingerprint density at radius 2 is 1.92 bits per heavy atom. The molecule has 0 aliphatic carbocycles. The maximum atomic E-state index is 13.2. The van der Waals surface area contributed by atoms with Gasteiger partial charge in [0.25, 0.3) is 0 Å². The van der Waals surface area contributed by atoms with Crippen molar-refractivity contribution in [2.45, 2.75) is 18.0 Å². The second-order valence-electron chi connectivity index (χ2n) is 6.56. The second kappa shape index (κ2) is 5.14. The molecule has 0 aromatic heterocycles. The number of carbonyl (C=O) groups excluding carboxylic acids is 2. The van der Waals surface area contributed by atoms with Crippen LogP contribution in [0, 0.1) is 11.8 Å². The van der Waals surface area contributed by atoms with E-state index in [1.165, 1.54) is 12.0 Å². The van der Waals surface area contributed by atoms with Gasteiger partial charge in [0.1, 0.15) is 5.75 Å². The number of ether oxygens (including phenoxy) is 4. The molecule has 130 valence electrons. The van der Waals surface area contributed by atoms with Crippen molar-refractivity contribution in [2.75, 3.05) is 25.2 Å². The second-order valence-corrected chi connectivity index (χ2v) is 6.56. The van der Waals surface area contributed by atoms with Gasteiger partial charge in [0.15, 0.2) is 11.9 Å². The molecule has 0 spiro atoms. The van der Waals surface area contributed by atoms with Crippen LogP contribution in [0.15, 0.2) is 36.4 Å². The maximum Gasteiger partial charge on any atom is 0.241 e. The van der Waals surface area contributed by atoms with E-state index < -0.39 is 29.8 Å². The number of anilines is 1. The predicted molar refractivity (Wildman–Crippen MR) is 84.9 cm³/mol. The normalized spacial score (nSPS) is 36.5. The van der Waals surface area contributed by atoms with Crippen molar-refractivity contribution >= 4 is 17.5 Å². The fraction of sp³-hybridized carbons (Fsp3) is 0.444. The van der Waals surface area contributed by atoms with Crippen LogP contribution in [0.2, 0.25) is 0 Å². The number of benzene rings is 1. The van der Waals surface area contributed by atoms with Crippen molar-refractivity contribution in [1.82, 2.24) is 0 Å². The number of fused-ring (bicyclic) bond motifs is 5. The Labute approximate surface area is 144 Å². The minimum atomic E-state index is -1.03. The molecule has 1 aromatic rings. The number of hydrogen-bond donors (Lipinski definition) is 0. The molecule has 7 nitrogen and oxygen atoms in total. The number of methoxy groups -OCH3 is 1. The zero-order valence-electron chi connectivity index (χ0n) is 13.6. The van der Waals surface area contributed by atoms with Crippen molar-refractivity contribution in [1.29, 1.82) is 0 Å². The molecule has 1 aromatic carbocycles. The molecule has 0 N–H and O–H groups in total. The largest absolute Gasteiger partial charge is 0.495 e. The molecule has 4 aliphatic heterocycles. The summed E-state index contributed by atoms with van der Waals surface area (Å²) in [7, 11) is 1.51. The van der Waals surface area contributed by atoms with Gasteiger partial charge in [-0.2, -0.15) is 0 Å². The smallest absolute Gasteiger partial charge is 0.241 e. The fourth-order valence-corrected chi connectivity index (χ4v) is 4.38. The van der Waals surface area contributed by atoms with E-state index in [0.717, 1.165) is 0 Å². The van der Waals surface area contributed by atoms with Crippen LogP contribution in [0.3, 0.4) is 0 Å². The Balaban J connectivity index is 1.58. The van der Waals surface area contributed by atoms with Crippen LogP contribution in [-0.2, 0) is 23.8 Å². The van der Waals surface area contributed by atoms with Gasteiger partial charge >= 0.3 is 0 Å². The van der Waals surface area contributed by atoms with Crippen molar-refractivity contribution in [2.24, 2.45) is 11.8 Å². The Morgan fingerprint density at radius 3 is 2.68 bits per heavy atom. The molecule has 4 atom stereocenters. The lowest BCUT2D eigenvalue weighted by atomic mass is 9.76. The predicted octanol–water partition coefficient (Wildman–Crippen LogP) is 0.881. The van der Waals surface area contributed by atoms with E-state index >= 15 is 0 Å². The van der Waals surface area contributed by atoms with E-state index in [1.54, 1.807) is 24.3 Å². The summed E-state index contributed by atoms with van der Waals surface area (Å²) in [4.78, 5) is 27.5. The molecule has 4 aliphatic rings. The first kappa shape index (κ1) is 15.1. The average molecular weight is 343 g/mol. The highest BCUT2D eigenvalue weighted by Gasteiger charge is 2.71. The monoisotopic (exact) mass is 343 g/mol. The number of hydrogen-bond acceptors (Lipinski definition) is 6. The van der Waals surface area contributed by atoms with Crippen molar-refractivity contribution in [3.05, 3.63) is 36.4 Å². The minimum absolute atomic E-state index is 0.270. The summed E-state index contributed by atoms with van der Waals surface area (Å²) in [5.74, 6) is -1.30. The average Bonchev–Trinajstić information content (AvgIpc) is 3.38. The van der Waals surface area contributed by atoms with E-state index in [2.05, 4.69) is 0 Å². The van der Waals surface area contributed by atoms with Gasteiger partial charge in [-0.25, -0.2) is 4.90 Å². The van der Waals surface area contributed by atoms with E-state index in [0.29, 0.717) is 24.7 Å². The summed E-state index contributed by atoms with van der Waals surface area (Å²) in [5.41, 5.74) is -0.577. The highest BCUT2D eigenvalue weighted by Crippen LogP contribution is 2.55. The molecule has 2 amide bonds. The van der Waals surface area contributed by atoms with Crippen LogP contribution in [0.5, 0.6) is 5.75 Å². The van der Waals surface area contributed by atoms with Crippen LogP contribution < -0.4 is 9.64 Å². The van der Waals surface area contributed by atoms with Crippen molar-refractivity contribution in [3.8, 4) is 5.75 Å². The van der Waals surface area contributed by atoms with Crippen molar-refractivity contribution in [3.63, 3.8) is 0 Å². The standard InChI is InChI=1S/C18H17NO6/c1-22-11-5-3-2-4-10(11)19-15(20)13-12-6-7-18(25-12,14(13)16(19)21)17-23-8-9-24-17/h2-7,12-14,17H,8-9H2,1H3/t12-,13+,14-,18-/m1/s1. The van der Waals surface area contributed by atoms with Crippen LogP contribution >= 0.6 is 0 Å². The van der Waals surface area contributed by atoms with Crippen LogP contribution in [-0.4, -0.2) is 50.1 Å². The quantitative estimate of drug-likeness (QED) is 0.599. The lowest BCUT2D eigenvalue weighted by Crippen LogP contribution is -2.49.